The zero-order chi connectivity index (χ0) is 18.3. The van der Waals surface area contributed by atoms with E-state index >= 15 is 0 Å². The predicted molar refractivity (Wildman–Crippen MR) is 95.4 cm³/mol. The summed E-state index contributed by atoms with van der Waals surface area (Å²) in [4.78, 5) is 23.6. The van der Waals surface area contributed by atoms with Crippen molar-refractivity contribution in [1.82, 2.24) is 0 Å². The van der Waals surface area contributed by atoms with E-state index in [2.05, 4.69) is 5.32 Å². The third-order valence-corrected chi connectivity index (χ3v) is 3.46. The van der Waals surface area contributed by atoms with Crippen molar-refractivity contribution in [3.05, 3.63) is 17.7 Å². The normalized spacial score (nSPS) is 12.1. The van der Waals surface area contributed by atoms with Gasteiger partial charge in [-0.3, -0.25) is 9.59 Å². The van der Waals surface area contributed by atoms with Gasteiger partial charge in [0.05, 0.1) is 23.0 Å². The summed E-state index contributed by atoms with van der Waals surface area (Å²) in [5.74, 6) is 0.308. The lowest BCUT2D eigenvalue weighted by molar-refractivity contribution is -0.116. The molecule has 0 radical (unpaired) electrons. The van der Waals surface area contributed by atoms with Gasteiger partial charge < -0.3 is 20.9 Å². The van der Waals surface area contributed by atoms with E-state index in [1.165, 1.54) is 19.1 Å². The van der Waals surface area contributed by atoms with Crippen LogP contribution in [0.3, 0.4) is 0 Å². The van der Waals surface area contributed by atoms with E-state index in [0.29, 0.717) is 41.4 Å². The Labute approximate surface area is 143 Å². The largest absolute Gasteiger partial charge is 0.490 e. The van der Waals surface area contributed by atoms with Crippen LogP contribution in [0.1, 0.15) is 57.3 Å². The number of carbonyl (C=O) groups excluding carboxylic acids is 2. The number of hydrogen-bond donors (Lipinski definition) is 3. The topological polar surface area (TPSA) is 102 Å². The maximum absolute atomic E-state index is 11.9. The van der Waals surface area contributed by atoms with Crippen molar-refractivity contribution in [3.8, 4) is 5.75 Å². The molecule has 6 nitrogen and oxygen atoms in total. The quantitative estimate of drug-likeness (QED) is 0.475. The SMILES string of the molecule is CCCC(=O)Nc1cc(C(C)=O)c(OCC(O)CC(C)C)cc1N. The number of aliphatic hydroxyl groups is 1. The summed E-state index contributed by atoms with van der Waals surface area (Å²) in [6.45, 7) is 7.43. The van der Waals surface area contributed by atoms with Gasteiger partial charge >= 0.3 is 0 Å². The first kappa shape index (κ1) is 20.0. The zero-order valence-corrected chi connectivity index (χ0v) is 14.9. The molecule has 1 aromatic rings. The van der Waals surface area contributed by atoms with E-state index in [9.17, 15) is 14.7 Å². The summed E-state index contributed by atoms with van der Waals surface area (Å²) in [5.41, 5.74) is 6.99. The smallest absolute Gasteiger partial charge is 0.224 e. The Bertz CT molecular complexity index is 585. The molecule has 6 heteroatoms. The van der Waals surface area contributed by atoms with Crippen LogP contribution >= 0.6 is 0 Å². The molecule has 134 valence electrons. The number of carbonyl (C=O) groups is 2. The Balaban J connectivity index is 2.94. The highest BCUT2D eigenvalue weighted by atomic mass is 16.5. The average molecular weight is 336 g/mol. The van der Waals surface area contributed by atoms with Gasteiger partial charge in [0.25, 0.3) is 0 Å². The number of benzene rings is 1. The highest BCUT2D eigenvalue weighted by Gasteiger charge is 2.16. The van der Waals surface area contributed by atoms with Gasteiger partial charge in [0.15, 0.2) is 5.78 Å². The van der Waals surface area contributed by atoms with Crippen molar-refractivity contribution < 1.29 is 19.4 Å². The molecule has 1 unspecified atom stereocenters. The number of nitrogens with one attached hydrogen (secondary N) is 1. The maximum Gasteiger partial charge on any atom is 0.224 e. The molecule has 0 aliphatic heterocycles. The van der Waals surface area contributed by atoms with Crippen LogP contribution in [-0.4, -0.2) is 29.5 Å². The van der Waals surface area contributed by atoms with Crippen molar-refractivity contribution in [2.24, 2.45) is 5.92 Å². The van der Waals surface area contributed by atoms with Crippen molar-refractivity contribution in [1.29, 1.82) is 0 Å². The van der Waals surface area contributed by atoms with Crippen LogP contribution in [0.2, 0.25) is 0 Å². The number of hydrogen-bond acceptors (Lipinski definition) is 5. The fourth-order valence-corrected chi connectivity index (χ4v) is 2.34. The molecule has 0 aliphatic carbocycles. The molecule has 0 fully saturated rings. The molecule has 1 atom stereocenters. The Hall–Kier alpha value is -2.08. The molecule has 0 saturated heterocycles. The molecule has 4 N–H and O–H groups in total. The first-order valence-corrected chi connectivity index (χ1v) is 8.29. The van der Waals surface area contributed by atoms with Crippen molar-refractivity contribution >= 4 is 23.1 Å². The number of Topliss-reactive ketones (excluding diaryl/α,β-unsaturated/α-hetero) is 1. The molecular weight excluding hydrogens is 308 g/mol. The highest BCUT2D eigenvalue weighted by molar-refractivity contribution is 6.01. The number of nitrogen functional groups attached to an aromatic ring is 1. The summed E-state index contributed by atoms with van der Waals surface area (Å²) in [7, 11) is 0. The first-order chi connectivity index (χ1) is 11.2. The summed E-state index contributed by atoms with van der Waals surface area (Å²) < 4.78 is 5.59. The lowest BCUT2D eigenvalue weighted by Gasteiger charge is -2.17. The van der Waals surface area contributed by atoms with E-state index in [-0.39, 0.29) is 18.3 Å². The third kappa shape index (κ3) is 6.20. The molecule has 0 saturated carbocycles. The molecule has 1 amide bonds. The second-order valence-corrected chi connectivity index (χ2v) is 6.38. The lowest BCUT2D eigenvalue weighted by Crippen LogP contribution is -2.20. The molecule has 0 aromatic heterocycles. The lowest BCUT2D eigenvalue weighted by atomic mass is 10.1. The Morgan fingerprint density at radius 1 is 1.33 bits per heavy atom. The van der Waals surface area contributed by atoms with E-state index < -0.39 is 6.10 Å². The van der Waals surface area contributed by atoms with Crippen LogP contribution in [0.4, 0.5) is 11.4 Å². The fraction of sp³-hybridized carbons (Fsp3) is 0.556. The second-order valence-electron chi connectivity index (χ2n) is 6.38. The number of nitrogens with two attached hydrogens (primary N) is 1. The van der Waals surface area contributed by atoms with Crippen LogP contribution in [0, 0.1) is 5.92 Å². The summed E-state index contributed by atoms with van der Waals surface area (Å²) in [6.07, 6.45) is 1.10. The average Bonchev–Trinajstić information content (AvgIpc) is 2.46. The number of ketones is 1. The molecular formula is C18H28N2O4. The minimum absolute atomic E-state index is 0.0828. The molecule has 24 heavy (non-hydrogen) atoms. The van der Waals surface area contributed by atoms with Crippen LogP contribution < -0.4 is 15.8 Å². The summed E-state index contributed by atoms with van der Waals surface area (Å²) in [5, 5.41) is 12.6. The summed E-state index contributed by atoms with van der Waals surface area (Å²) >= 11 is 0. The molecule has 0 bridgehead atoms. The van der Waals surface area contributed by atoms with Crippen LogP contribution in [0.15, 0.2) is 12.1 Å². The Morgan fingerprint density at radius 2 is 2.00 bits per heavy atom. The van der Waals surface area contributed by atoms with Gasteiger partial charge in [-0.1, -0.05) is 20.8 Å². The number of anilines is 2. The Kier molecular flexibility index (Phi) is 7.71. The van der Waals surface area contributed by atoms with Crippen molar-refractivity contribution in [3.63, 3.8) is 0 Å². The van der Waals surface area contributed by atoms with Gasteiger partial charge in [0.2, 0.25) is 5.91 Å². The Morgan fingerprint density at radius 3 is 2.54 bits per heavy atom. The molecule has 0 heterocycles. The van der Waals surface area contributed by atoms with Crippen molar-refractivity contribution in [2.45, 2.75) is 53.1 Å². The standard InChI is InChI=1S/C18H28N2O4/c1-5-6-18(23)20-16-8-14(12(4)21)17(9-15(16)19)24-10-13(22)7-11(2)3/h8-9,11,13,22H,5-7,10,19H2,1-4H3,(H,20,23). The van der Waals surface area contributed by atoms with Gasteiger partial charge in [-0.05, 0) is 31.7 Å². The minimum Gasteiger partial charge on any atom is -0.490 e. The summed E-state index contributed by atoms with van der Waals surface area (Å²) in [6, 6.07) is 3.04. The van der Waals surface area contributed by atoms with E-state index in [4.69, 9.17) is 10.5 Å². The number of ether oxygens (including phenoxy) is 1. The van der Waals surface area contributed by atoms with Gasteiger partial charge in [0.1, 0.15) is 12.4 Å². The number of rotatable bonds is 9. The maximum atomic E-state index is 11.9. The highest BCUT2D eigenvalue weighted by Crippen LogP contribution is 2.30. The van der Waals surface area contributed by atoms with Crippen molar-refractivity contribution in [2.75, 3.05) is 17.7 Å². The van der Waals surface area contributed by atoms with Crippen LogP contribution in [0.25, 0.3) is 0 Å². The molecule has 0 aliphatic rings. The van der Waals surface area contributed by atoms with Crippen LogP contribution in [-0.2, 0) is 4.79 Å². The second kappa shape index (κ2) is 9.27. The fourth-order valence-electron chi connectivity index (χ4n) is 2.34. The molecule has 1 aromatic carbocycles. The third-order valence-electron chi connectivity index (χ3n) is 3.46. The van der Waals surface area contributed by atoms with E-state index in [0.717, 1.165) is 6.42 Å². The monoisotopic (exact) mass is 336 g/mol. The van der Waals surface area contributed by atoms with E-state index in [1.807, 2.05) is 20.8 Å². The minimum atomic E-state index is -0.616. The molecule has 1 rings (SSSR count). The first-order valence-electron chi connectivity index (χ1n) is 8.29. The number of amides is 1. The van der Waals surface area contributed by atoms with Crippen LogP contribution in [0.5, 0.6) is 5.75 Å². The zero-order valence-electron chi connectivity index (χ0n) is 14.9. The van der Waals surface area contributed by atoms with Gasteiger partial charge in [-0.15, -0.1) is 0 Å². The predicted octanol–water partition coefficient (Wildman–Crippen LogP) is 3.00. The molecule has 0 spiro atoms. The van der Waals surface area contributed by atoms with Gasteiger partial charge in [-0.2, -0.15) is 0 Å². The van der Waals surface area contributed by atoms with Gasteiger partial charge in [0, 0.05) is 12.5 Å². The van der Waals surface area contributed by atoms with E-state index in [1.54, 1.807) is 0 Å². The number of aliphatic hydroxyl groups excluding tert-OH is 1. The van der Waals surface area contributed by atoms with Gasteiger partial charge in [-0.25, -0.2) is 0 Å².